The Balaban J connectivity index is 1.50. The molecule has 1 fully saturated rings. The number of aromatic nitrogens is 3. The van der Waals surface area contributed by atoms with Gasteiger partial charge in [0.05, 0.1) is 12.0 Å². The van der Waals surface area contributed by atoms with Gasteiger partial charge in [0, 0.05) is 24.8 Å². The first-order valence-electron chi connectivity index (χ1n) is 10.2. The van der Waals surface area contributed by atoms with E-state index in [4.69, 9.17) is 4.74 Å². The van der Waals surface area contributed by atoms with Crippen LogP contribution in [0.3, 0.4) is 0 Å². The lowest BCUT2D eigenvalue weighted by atomic mass is 10.2. The lowest BCUT2D eigenvalue weighted by molar-refractivity contribution is 0.263. The number of hydrogen-bond acceptors (Lipinski definition) is 5. The van der Waals surface area contributed by atoms with Crippen molar-refractivity contribution in [1.29, 1.82) is 0 Å². The Morgan fingerprint density at radius 3 is 2.69 bits per heavy atom. The number of likely N-dealkylation sites (tertiary alicyclic amines) is 1. The summed E-state index contributed by atoms with van der Waals surface area (Å²) in [4.78, 5) is 24.2. The van der Waals surface area contributed by atoms with E-state index in [0.29, 0.717) is 30.0 Å². The van der Waals surface area contributed by atoms with Crippen LogP contribution in [0.25, 0.3) is 22.4 Å². The first-order valence-corrected chi connectivity index (χ1v) is 10.2. The molecule has 4 rings (SSSR count). The second-order valence-corrected chi connectivity index (χ2v) is 7.29. The molecule has 6 heteroatoms. The number of ether oxygens (including phenoxy) is 1. The van der Waals surface area contributed by atoms with E-state index >= 15 is 0 Å². The summed E-state index contributed by atoms with van der Waals surface area (Å²) >= 11 is 0. The third kappa shape index (κ3) is 4.38. The van der Waals surface area contributed by atoms with Crippen LogP contribution in [0, 0.1) is 0 Å². The topological polar surface area (TPSA) is 60.2 Å². The maximum Gasteiger partial charge on any atom is 0.263 e. The molecule has 1 aliphatic rings. The van der Waals surface area contributed by atoms with Crippen molar-refractivity contribution in [1.82, 2.24) is 19.4 Å². The number of rotatable bonds is 8. The van der Waals surface area contributed by atoms with E-state index in [1.807, 2.05) is 24.3 Å². The Morgan fingerprint density at radius 1 is 1.14 bits per heavy atom. The molecule has 0 atom stereocenters. The lowest BCUT2D eigenvalue weighted by Gasteiger charge is -2.15. The second kappa shape index (κ2) is 9.01. The highest BCUT2D eigenvalue weighted by Crippen LogP contribution is 2.22. The smallest absolute Gasteiger partial charge is 0.263 e. The van der Waals surface area contributed by atoms with Crippen molar-refractivity contribution in [3.8, 4) is 17.1 Å². The van der Waals surface area contributed by atoms with Gasteiger partial charge in [-0.05, 0) is 68.8 Å². The largest absolute Gasteiger partial charge is 0.494 e. The Morgan fingerprint density at radius 2 is 1.93 bits per heavy atom. The lowest BCUT2D eigenvalue weighted by Crippen LogP contribution is -2.23. The molecule has 150 valence electrons. The predicted molar refractivity (Wildman–Crippen MR) is 115 cm³/mol. The van der Waals surface area contributed by atoms with Crippen LogP contribution in [-0.4, -0.2) is 45.7 Å². The zero-order chi connectivity index (χ0) is 20.1. The van der Waals surface area contributed by atoms with E-state index in [0.717, 1.165) is 24.3 Å². The Bertz CT molecular complexity index is 1040. The van der Waals surface area contributed by atoms with Gasteiger partial charge in [0.15, 0.2) is 5.65 Å². The highest BCUT2D eigenvalue weighted by molar-refractivity contribution is 5.76. The van der Waals surface area contributed by atoms with Gasteiger partial charge < -0.3 is 9.64 Å². The van der Waals surface area contributed by atoms with Crippen molar-refractivity contribution >= 4 is 11.0 Å². The summed E-state index contributed by atoms with van der Waals surface area (Å²) in [6.07, 6.45) is 7.01. The fourth-order valence-corrected chi connectivity index (χ4v) is 3.76. The molecule has 0 aliphatic carbocycles. The average Bonchev–Trinajstić information content (AvgIpc) is 3.27. The van der Waals surface area contributed by atoms with Gasteiger partial charge >= 0.3 is 0 Å². The van der Waals surface area contributed by atoms with Crippen LogP contribution in [0.4, 0.5) is 0 Å². The summed E-state index contributed by atoms with van der Waals surface area (Å²) in [5.41, 5.74) is 1.19. The molecule has 29 heavy (non-hydrogen) atoms. The van der Waals surface area contributed by atoms with Crippen LogP contribution in [0.1, 0.15) is 19.3 Å². The summed E-state index contributed by atoms with van der Waals surface area (Å²) in [5.74, 6) is 1.41. The van der Waals surface area contributed by atoms with Crippen LogP contribution in [0.15, 0.2) is 60.0 Å². The summed E-state index contributed by atoms with van der Waals surface area (Å²) in [7, 11) is 0. The first-order chi connectivity index (χ1) is 14.3. The molecule has 1 aromatic carbocycles. The van der Waals surface area contributed by atoms with E-state index in [-0.39, 0.29) is 5.56 Å². The van der Waals surface area contributed by atoms with Gasteiger partial charge in [-0.15, -0.1) is 6.58 Å². The molecular weight excluding hydrogens is 364 g/mol. The summed E-state index contributed by atoms with van der Waals surface area (Å²) < 4.78 is 7.51. The second-order valence-electron chi connectivity index (χ2n) is 7.29. The molecule has 0 radical (unpaired) electrons. The maximum absolute atomic E-state index is 12.9. The molecule has 0 bridgehead atoms. The molecule has 1 aliphatic heterocycles. The van der Waals surface area contributed by atoms with Crippen molar-refractivity contribution in [2.75, 3.05) is 26.2 Å². The minimum atomic E-state index is -0.111. The molecule has 1 saturated heterocycles. The molecule has 6 nitrogen and oxygen atoms in total. The van der Waals surface area contributed by atoms with Gasteiger partial charge in [-0.1, -0.05) is 6.08 Å². The summed E-state index contributed by atoms with van der Waals surface area (Å²) in [6.45, 7) is 8.39. The van der Waals surface area contributed by atoms with Crippen molar-refractivity contribution in [2.24, 2.45) is 0 Å². The van der Waals surface area contributed by atoms with E-state index in [2.05, 4.69) is 21.4 Å². The minimum absolute atomic E-state index is 0.111. The third-order valence-corrected chi connectivity index (χ3v) is 5.24. The molecular formula is C23H26N4O2. The molecule has 0 unspecified atom stereocenters. The monoisotopic (exact) mass is 390 g/mol. The molecule has 0 saturated carbocycles. The number of hydrogen-bond donors (Lipinski definition) is 0. The highest BCUT2D eigenvalue weighted by atomic mass is 16.5. The van der Waals surface area contributed by atoms with Crippen LogP contribution < -0.4 is 10.3 Å². The molecule has 0 amide bonds. The summed E-state index contributed by atoms with van der Waals surface area (Å²) in [6, 6.07) is 11.2. The fourth-order valence-electron chi connectivity index (χ4n) is 3.76. The zero-order valence-electron chi connectivity index (χ0n) is 16.6. The zero-order valence-corrected chi connectivity index (χ0v) is 16.6. The van der Waals surface area contributed by atoms with Gasteiger partial charge in [-0.2, -0.15) is 0 Å². The van der Waals surface area contributed by atoms with Crippen molar-refractivity contribution in [3.05, 3.63) is 65.6 Å². The molecule has 0 N–H and O–H groups in total. The van der Waals surface area contributed by atoms with Crippen LogP contribution >= 0.6 is 0 Å². The highest BCUT2D eigenvalue weighted by Gasteiger charge is 2.13. The van der Waals surface area contributed by atoms with Gasteiger partial charge in [0.2, 0.25) is 0 Å². The number of pyridine rings is 1. The minimum Gasteiger partial charge on any atom is -0.494 e. The van der Waals surface area contributed by atoms with E-state index in [1.165, 1.54) is 25.9 Å². The number of allylic oxidation sites excluding steroid dienone is 1. The van der Waals surface area contributed by atoms with Crippen molar-refractivity contribution < 1.29 is 4.74 Å². The predicted octanol–water partition coefficient (Wildman–Crippen LogP) is 3.51. The molecule has 3 aromatic rings. The van der Waals surface area contributed by atoms with Crippen LogP contribution in [0.2, 0.25) is 0 Å². The van der Waals surface area contributed by atoms with Gasteiger partial charge in [-0.3, -0.25) is 9.36 Å². The average molecular weight is 390 g/mol. The van der Waals surface area contributed by atoms with Gasteiger partial charge in [0.1, 0.15) is 11.6 Å². The molecule has 2 aromatic heterocycles. The Hall–Kier alpha value is -2.99. The van der Waals surface area contributed by atoms with E-state index in [1.54, 1.807) is 29.0 Å². The van der Waals surface area contributed by atoms with Crippen molar-refractivity contribution in [2.45, 2.75) is 25.8 Å². The standard InChI is InChI=1S/C23H26N4O2/c1-2-13-27-22(25-21-20(23(27)28)7-5-12-24-21)18-8-10-19(11-9-18)29-17-6-16-26-14-3-4-15-26/h2,5,7-12H,1,3-4,6,13-17H2. The number of fused-ring (bicyclic) bond motifs is 1. The Labute approximate surface area is 170 Å². The normalized spacial score (nSPS) is 14.3. The molecule has 3 heterocycles. The van der Waals surface area contributed by atoms with Crippen LogP contribution in [-0.2, 0) is 6.54 Å². The first kappa shape index (κ1) is 19.3. The van der Waals surface area contributed by atoms with E-state index in [9.17, 15) is 4.79 Å². The quantitative estimate of drug-likeness (QED) is 0.435. The van der Waals surface area contributed by atoms with Gasteiger partial charge in [0.25, 0.3) is 5.56 Å². The molecule has 0 spiro atoms. The number of nitrogens with zero attached hydrogens (tertiary/aromatic N) is 4. The van der Waals surface area contributed by atoms with E-state index < -0.39 is 0 Å². The fraction of sp³-hybridized carbons (Fsp3) is 0.348. The van der Waals surface area contributed by atoms with Gasteiger partial charge in [-0.25, -0.2) is 9.97 Å². The van der Waals surface area contributed by atoms with Crippen LogP contribution in [0.5, 0.6) is 5.75 Å². The summed E-state index contributed by atoms with van der Waals surface area (Å²) in [5, 5.41) is 0.510. The maximum atomic E-state index is 12.9. The van der Waals surface area contributed by atoms with Crippen molar-refractivity contribution in [3.63, 3.8) is 0 Å². The third-order valence-electron chi connectivity index (χ3n) is 5.24. The Kier molecular flexibility index (Phi) is 6.00. The number of benzene rings is 1. The SMILES string of the molecule is C=CCn1c(-c2ccc(OCCCN3CCCC3)cc2)nc2ncccc2c1=O.